The maximum Gasteiger partial charge on any atom is 0.310 e. The van der Waals surface area contributed by atoms with E-state index in [4.69, 9.17) is 16.3 Å². The van der Waals surface area contributed by atoms with E-state index in [1.165, 1.54) is 0 Å². The predicted molar refractivity (Wildman–Crippen MR) is 85.5 cm³/mol. The lowest BCUT2D eigenvalue weighted by Crippen LogP contribution is -2.09. The summed E-state index contributed by atoms with van der Waals surface area (Å²) in [6.45, 7) is 5.76. The summed E-state index contributed by atoms with van der Waals surface area (Å²) in [5.41, 5.74) is 3.26. The van der Waals surface area contributed by atoms with E-state index in [2.05, 4.69) is 4.98 Å². The fourth-order valence-electron chi connectivity index (χ4n) is 2.42. The lowest BCUT2D eigenvalue weighted by Gasteiger charge is -2.04. The molecule has 0 saturated heterocycles. The van der Waals surface area contributed by atoms with E-state index >= 15 is 0 Å². The largest absolute Gasteiger partial charge is 0.466 e. The summed E-state index contributed by atoms with van der Waals surface area (Å²) >= 11 is 6.08. The molecular weight excluding hydrogens is 302 g/mol. The molecule has 0 aliphatic heterocycles. The molecule has 1 aromatic heterocycles. The minimum Gasteiger partial charge on any atom is -0.466 e. The van der Waals surface area contributed by atoms with Gasteiger partial charge in [0.05, 0.1) is 23.7 Å². The molecule has 0 saturated carbocycles. The van der Waals surface area contributed by atoms with Gasteiger partial charge in [0.25, 0.3) is 0 Å². The quantitative estimate of drug-likeness (QED) is 0.676. The Kier molecular flexibility index (Phi) is 5.03. The van der Waals surface area contributed by atoms with Crippen molar-refractivity contribution in [3.63, 3.8) is 0 Å². The molecule has 0 fully saturated rings. The number of hydrogen-bond acceptors (Lipinski definition) is 3. The Morgan fingerprint density at radius 1 is 1.23 bits per heavy atom. The fourth-order valence-corrected chi connectivity index (χ4v) is 2.64. The summed E-state index contributed by atoms with van der Waals surface area (Å²) in [5, 5.41) is 0.408. The van der Waals surface area contributed by atoms with Crippen LogP contribution in [-0.4, -0.2) is 23.3 Å². The maximum atomic E-state index is 12.6. The molecule has 0 atom stereocenters. The van der Waals surface area contributed by atoms with Crippen LogP contribution in [0.3, 0.4) is 0 Å². The van der Waals surface area contributed by atoms with E-state index in [1.807, 2.05) is 13.8 Å². The molecule has 0 spiro atoms. The average Bonchev–Trinajstić information content (AvgIpc) is 2.75. The highest BCUT2D eigenvalue weighted by molar-refractivity contribution is 6.34. The van der Waals surface area contributed by atoms with E-state index in [0.717, 1.165) is 16.8 Å². The van der Waals surface area contributed by atoms with Gasteiger partial charge in [-0.25, -0.2) is 0 Å². The van der Waals surface area contributed by atoms with Gasteiger partial charge in [-0.2, -0.15) is 0 Å². The first-order valence-electron chi connectivity index (χ1n) is 7.08. The van der Waals surface area contributed by atoms with E-state index in [0.29, 0.717) is 22.9 Å². The van der Waals surface area contributed by atoms with E-state index < -0.39 is 0 Å². The van der Waals surface area contributed by atoms with Crippen LogP contribution in [-0.2, 0) is 16.0 Å². The van der Waals surface area contributed by atoms with E-state index in [9.17, 15) is 9.59 Å². The number of aryl methyl sites for hydroxylation is 1. The van der Waals surface area contributed by atoms with Gasteiger partial charge in [0.15, 0.2) is 0 Å². The topological polar surface area (TPSA) is 59.2 Å². The van der Waals surface area contributed by atoms with E-state index in [-0.39, 0.29) is 18.2 Å². The zero-order valence-corrected chi connectivity index (χ0v) is 13.6. The van der Waals surface area contributed by atoms with Crippen LogP contribution in [0.2, 0.25) is 5.02 Å². The lowest BCUT2D eigenvalue weighted by molar-refractivity contribution is -0.142. The van der Waals surface area contributed by atoms with Gasteiger partial charge >= 0.3 is 5.97 Å². The van der Waals surface area contributed by atoms with E-state index in [1.54, 1.807) is 31.2 Å². The molecule has 2 rings (SSSR count). The number of benzene rings is 1. The van der Waals surface area contributed by atoms with Crippen molar-refractivity contribution in [2.75, 3.05) is 6.61 Å². The Morgan fingerprint density at radius 3 is 2.55 bits per heavy atom. The number of hydrogen-bond donors (Lipinski definition) is 1. The van der Waals surface area contributed by atoms with Gasteiger partial charge < -0.3 is 9.72 Å². The highest BCUT2D eigenvalue weighted by Gasteiger charge is 2.21. The maximum absolute atomic E-state index is 12.6. The number of carbonyl (C=O) groups excluding carboxylic acids is 2. The Morgan fingerprint density at radius 2 is 1.91 bits per heavy atom. The highest BCUT2D eigenvalue weighted by atomic mass is 35.5. The molecule has 1 heterocycles. The Balaban J connectivity index is 2.36. The van der Waals surface area contributed by atoms with Crippen LogP contribution < -0.4 is 0 Å². The summed E-state index contributed by atoms with van der Waals surface area (Å²) in [6.07, 6.45) is 0.151. The monoisotopic (exact) mass is 319 g/mol. The first-order valence-corrected chi connectivity index (χ1v) is 7.46. The standard InChI is InChI=1S/C17H18ClNO3/c1-4-22-15(20)9-13-10(2)16(19-11(13)3)17(21)12-7-5-6-8-14(12)18/h5-8,19H,4,9H2,1-3H3. The van der Waals surface area contributed by atoms with Crippen LogP contribution >= 0.6 is 11.6 Å². The minimum atomic E-state index is -0.301. The number of aromatic amines is 1. The molecule has 5 heteroatoms. The van der Waals surface area contributed by atoms with Gasteiger partial charge in [0.2, 0.25) is 5.78 Å². The van der Waals surface area contributed by atoms with Gasteiger partial charge in [0, 0.05) is 11.3 Å². The SMILES string of the molecule is CCOC(=O)Cc1c(C)[nH]c(C(=O)c2ccccc2Cl)c1C. The number of rotatable bonds is 5. The van der Waals surface area contributed by atoms with Crippen molar-refractivity contribution in [2.45, 2.75) is 27.2 Å². The normalized spacial score (nSPS) is 10.5. The molecule has 1 N–H and O–H groups in total. The summed E-state index contributed by atoms with van der Waals surface area (Å²) in [6, 6.07) is 6.91. The second-order valence-electron chi connectivity index (χ2n) is 5.02. The molecule has 0 radical (unpaired) electrons. The molecule has 116 valence electrons. The average molecular weight is 320 g/mol. The van der Waals surface area contributed by atoms with Crippen LogP contribution in [0.4, 0.5) is 0 Å². The fraction of sp³-hybridized carbons (Fsp3) is 0.294. The Labute approximate surface area is 134 Å². The summed E-state index contributed by atoms with van der Waals surface area (Å²) < 4.78 is 4.97. The lowest BCUT2D eigenvalue weighted by atomic mass is 10.0. The van der Waals surface area contributed by atoms with Crippen molar-refractivity contribution in [1.82, 2.24) is 4.98 Å². The molecule has 0 aliphatic carbocycles. The molecule has 22 heavy (non-hydrogen) atoms. The molecule has 0 bridgehead atoms. The second-order valence-corrected chi connectivity index (χ2v) is 5.43. The van der Waals surface area contributed by atoms with Gasteiger partial charge in [-0.05, 0) is 44.0 Å². The van der Waals surface area contributed by atoms with Gasteiger partial charge in [-0.15, -0.1) is 0 Å². The predicted octanol–water partition coefficient (Wildman–Crippen LogP) is 3.62. The number of H-pyrrole nitrogens is 1. The number of carbonyl (C=O) groups is 2. The molecule has 0 aliphatic rings. The number of halogens is 1. The smallest absolute Gasteiger partial charge is 0.310 e. The van der Waals surface area contributed by atoms with Crippen molar-refractivity contribution in [1.29, 1.82) is 0 Å². The number of ether oxygens (including phenoxy) is 1. The Bertz CT molecular complexity index is 719. The number of nitrogens with one attached hydrogen (secondary N) is 1. The van der Waals surface area contributed by atoms with Crippen molar-refractivity contribution in [2.24, 2.45) is 0 Å². The third-order valence-corrected chi connectivity index (χ3v) is 3.89. The first kappa shape index (κ1) is 16.3. The number of ketones is 1. The third kappa shape index (κ3) is 3.22. The minimum absolute atomic E-state index is 0.151. The van der Waals surface area contributed by atoms with Crippen LogP contribution in [0.1, 0.15) is 39.8 Å². The van der Waals surface area contributed by atoms with Crippen molar-refractivity contribution >= 4 is 23.4 Å². The molecule has 1 aromatic carbocycles. The Hall–Kier alpha value is -2.07. The molecule has 4 nitrogen and oxygen atoms in total. The van der Waals surface area contributed by atoms with Crippen molar-refractivity contribution in [3.05, 3.63) is 57.4 Å². The zero-order valence-electron chi connectivity index (χ0n) is 12.8. The van der Waals surface area contributed by atoms with Crippen LogP contribution in [0.5, 0.6) is 0 Å². The summed E-state index contributed by atoms with van der Waals surface area (Å²) in [4.78, 5) is 27.4. The second kappa shape index (κ2) is 6.79. The molecule has 0 amide bonds. The van der Waals surface area contributed by atoms with Crippen LogP contribution in [0.15, 0.2) is 24.3 Å². The molecular formula is C17H18ClNO3. The third-order valence-electron chi connectivity index (χ3n) is 3.56. The van der Waals surface area contributed by atoms with Gasteiger partial charge in [0.1, 0.15) is 0 Å². The van der Waals surface area contributed by atoms with Crippen molar-refractivity contribution < 1.29 is 14.3 Å². The van der Waals surface area contributed by atoms with Crippen LogP contribution in [0, 0.1) is 13.8 Å². The van der Waals surface area contributed by atoms with Crippen molar-refractivity contribution in [3.8, 4) is 0 Å². The zero-order chi connectivity index (χ0) is 16.3. The summed E-state index contributed by atoms with van der Waals surface area (Å²) in [5.74, 6) is -0.481. The first-order chi connectivity index (χ1) is 10.5. The molecule has 0 unspecified atom stereocenters. The van der Waals surface area contributed by atoms with Gasteiger partial charge in [-0.1, -0.05) is 23.7 Å². The molecule has 2 aromatic rings. The number of aromatic nitrogens is 1. The van der Waals surface area contributed by atoms with Gasteiger partial charge in [-0.3, -0.25) is 9.59 Å². The summed E-state index contributed by atoms with van der Waals surface area (Å²) in [7, 11) is 0. The highest BCUT2D eigenvalue weighted by Crippen LogP contribution is 2.24. The number of esters is 1. The van der Waals surface area contributed by atoms with Crippen LogP contribution in [0.25, 0.3) is 0 Å².